The Morgan fingerprint density at radius 2 is 1.68 bits per heavy atom. The first kappa shape index (κ1) is 15.9. The second-order valence-electron chi connectivity index (χ2n) is 8.36. The van der Waals surface area contributed by atoms with Crippen LogP contribution in [0.3, 0.4) is 0 Å². The molecule has 0 radical (unpaired) electrons. The number of hydrogen-bond acceptors (Lipinski definition) is 2. The molecule has 0 unspecified atom stereocenters. The first-order valence-corrected chi connectivity index (χ1v) is 9.26. The third kappa shape index (κ3) is 2.25. The van der Waals surface area contributed by atoms with Crippen molar-refractivity contribution < 1.29 is 13.2 Å². The Kier molecular flexibility index (Phi) is 3.12. The van der Waals surface area contributed by atoms with Crippen LogP contribution in [0.15, 0.2) is 6.07 Å². The molecule has 4 saturated carbocycles. The number of hydrogen-bond donors (Lipinski definition) is 0. The van der Waals surface area contributed by atoms with Gasteiger partial charge in [-0.2, -0.15) is 18.3 Å². The summed E-state index contributed by atoms with van der Waals surface area (Å²) >= 11 is 6.23. The molecule has 4 fully saturated rings. The van der Waals surface area contributed by atoms with E-state index in [9.17, 15) is 13.2 Å². The van der Waals surface area contributed by atoms with Crippen LogP contribution < -0.4 is 0 Å². The minimum atomic E-state index is -4.49. The fraction of sp³-hybridized carbons (Fsp3) is 0.667. The van der Waals surface area contributed by atoms with E-state index >= 15 is 0 Å². The van der Waals surface area contributed by atoms with Crippen molar-refractivity contribution in [3.05, 3.63) is 28.2 Å². The Balaban J connectivity index is 1.73. The number of halogens is 4. The second kappa shape index (κ2) is 4.90. The smallest absolute Gasteiger partial charge is 0.232 e. The molecule has 25 heavy (non-hydrogen) atoms. The number of rotatable bonds is 1. The molecular formula is C18H19ClF3N3. The van der Waals surface area contributed by atoms with Gasteiger partial charge in [-0.1, -0.05) is 11.6 Å². The highest BCUT2D eigenvalue weighted by molar-refractivity contribution is 6.34. The molecule has 2 aromatic heterocycles. The monoisotopic (exact) mass is 369 g/mol. The van der Waals surface area contributed by atoms with E-state index in [1.54, 1.807) is 6.92 Å². The molecule has 0 aromatic carbocycles. The maximum Gasteiger partial charge on any atom is 0.433 e. The summed E-state index contributed by atoms with van der Waals surface area (Å²) < 4.78 is 41.9. The normalized spacial score (nSPS) is 34.2. The van der Waals surface area contributed by atoms with Gasteiger partial charge in [0.2, 0.25) is 0 Å². The van der Waals surface area contributed by atoms with E-state index in [4.69, 9.17) is 11.6 Å². The van der Waals surface area contributed by atoms with E-state index in [1.807, 2.05) is 0 Å². The zero-order valence-corrected chi connectivity index (χ0v) is 14.7. The average Bonchev–Trinajstić information content (AvgIpc) is 2.79. The molecule has 0 aliphatic heterocycles. The van der Waals surface area contributed by atoms with Crippen LogP contribution >= 0.6 is 11.6 Å². The summed E-state index contributed by atoms with van der Waals surface area (Å²) in [5, 5.41) is 4.19. The molecule has 134 valence electrons. The second-order valence-corrected chi connectivity index (χ2v) is 8.74. The molecule has 0 spiro atoms. The van der Waals surface area contributed by atoms with Crippen LogP contribution in [0.4, 0.5) is 13.2 Å². The van der Waals surface area contributed by atoms with Crippen LogP contribution in [-0.4, -0.2) is 14.6 Å². The van der Waals surface area contributed by atoms with Gasteiger partial charge in [0.1, 0.15) is 10.7 Å². The maximum absolute atomic E-state index is 13.7. The van der Waals surface area contributed by atoms with Gasteiger partial charge in [-0.05, 0) is 69.3 Å². The first-order chi connectivity index (χ1) is 11.7. The number of nitrogens with zero attached hydrogens (tertiary/aromatic N) is 3. The lowest BCUT2D eigenvalue weighted by Crippen LogP contribution is -2.49. The molecule has 2 aromatic rings. The molecule has 3 nitrogen and oxygen atoms in total. The van der Waals surface area contributed by atoms with Crippen LogP contribution in [-0.2, 0) is 11.6 Å². The summed E-state index contributed by atoms with van der Waals surface area (Å²) in [6, 6.07) is 1.24. The lowest BCUT2D eigenvalue weighted by atomic mass is 9.49. The van der Waals surface area contributed by atoms with Gasteiger partial charge in [0.15, 0.2) is 5.65 Å². The van der Waals surface area contributed by atoms with Gasteiger partial charge >= 0.3 is 6.18 Å². The summed E-state index contributed by atoms with van der Waals surface area (Å²) in [6.45, 7) is 1.61. The van der Waals surface area contributed by atoms with Crippen molar-refractivity contribution in [1.82, 2.24) is 14.6 Å². The molecule has 2 heterocycles. The van der Waals surface area contributed by atoms with Gasteiger partial charge in [-0.3, -0.25) is 0 Å². The summed E-state index contributed by atoms with van der Waals surface area (Å²) in [7, 11) is 0. The fourth-order valence-electron chi connectivity index (χ4n) is 6.00. The van der Waals surface area contributed by atoms with E-state index in [0.717, 1.165) is 23.8 Å². The average molecular weight is 370 g/mol. The highest BCUT2D eigenvalue weighted by Gasteiger charge is 2.53. The van der Waals surface area contributed by atoms with E-state index in [2.05, 4.69) is 10.1 Å². The van der Waals surface area contributed by atoms with Gasteiger partial charge in [-0.25, -0.2) is 9.50 Å². The topological polar surface area (TPSA) is 30.2 Å². The van der Waals surface area contributed by atoms with Gasteiger partial charge in [0.05, 0.1) is 11.4 Å². The standard InChI is InChI=1S/C18H19ClF3N3/c1-9-15(19)16-23-13(5-14(18(20,21)22)25(16)24-9)17-6-10-2-11(7-17)4-12(3-10)8-17/h5,10-12H,2-4,6-8H2,1H3. The first-order valence-electron chi connectivity index (χ1n) is 8.89. The van der Waals surface area contributed by atoms with Crippen molar-refractivity contribution in [2.45, 2.75) is 57.0 Å². The summed E-state index contributed by atoms with van der Waals surface area (Å²) in [5.41, 5.74) is 0.117. The highest BCUT2D eigenvalue weighted by Crippen LogP contribution is 2.60. The molecule has 6 rings (SSSR count). The van der Waals surface area contributed by atoms with Gasteiger partial charge in [0.25, 0.3) is 0 Å². The number of fused-ring (bicyclic) bond motifs is 1. The van der Waals surface area contributed by atoms with Gasteiger partial charge in [0, 0.05) is 5.41 Å². The summed E-state index contributed by atoms with van der Waals surface area (Å²) in [4.78, 5) is 4.63. The molecule has 4 bridgehead atoms. The van der Waals surface area contributed by atoms with Crippen molar-refractivity contribution in [2.24, 2.45) is 17.8 Å². The molecule has 4 aliphatic carbocycles. The largest absolute Gasteiger partial charge is 0.433 e. The van der Waals surface area contributed by atoms with E-state index in [1.165, 1.54) is 25.3 Å². The third-order valence-electron chi connectivity index (χ3n) is 6.56. The highest BCUT2D eigenvalue weighted by atomic mass is 35.5. The van der Waals surface area contributed by atoms with Crippen molar-refractivity contribution in [3.63, 3.8) is 0 Å². The van der Waals surface area contributed by atoms with E-state index < -0.39 is 11.9 Å². The summed E-state index contributed by atoms with van der Waals surface area (Å²) in [5.74, 6) is 1.92. The zero-order chi connectivity index (χ0) is 17.6. The van der Waals surface area contributed by atoms with Crippen LogP contribution in [0.2, 0.25) is 5.02 Å². The van der Waals surface area contributed by atoms with Crippen LogP contribution in [0, 0.1) is 24.7 Å². The third-order valence-corrected chi connectivity index (χ3v) is 7.01. The molecule has 0 amide bonds. The number of alkyl halides is 3. The zero-order valence-electron chi connectivity index (χ0n) is 13.9. The Morgan fingerprint density at radius 3 is 2.20 bits per heavy atom. The molecule has 7 heteroatoms. The minimum Gasteiger partial charge on any atom is -0.232 e. The van der Waals surface area contributed by atoms with E-state index in [0.29, 0.717) is 29.1 Å². The van der Waals surface area contributed by atoms with Crippen molar-refractivity contribution in [2.75, 3.05) is 0 Å². The Morgan fingerprint density at radius 1 is 1.12 bits per heavy atom. The Labute approximate surface area is 148 Å². The maximum atomic E-state index is 13.7. The van der Waals surface area contributed by atoms with Gasteiger partial charge in [-0.15, -0.1) is 0 Å². The lowest BCUT2D eigenvalue weighted by molar-refractivity contribution is -0.142. The van der Waals surface area contributed by atoms with Crippen molar-refractivity contribution >= 4 is 17.2 Å². The molecule has 0 atom stereocenters. The Hall–Kier alpha value is -1.30. The number of aromatic nitrogens is 3. The van der Waals surface area contributed by atoms with Gasteiger partial charge < -0.3 is 0 Å². The molecular weight excluding hydrogens is 351 g/mol. The van der Waals surface area contributed by atoms with E-state index in [-0.39, 0.29) is 16.1 Å². The fourth-order valence-corrected chi connectivity index (χ4v) is 6.16. The van der Waals surface area contributed by atoms with Crippen molar-refractivity contribution in [1.29, 1.82) is 0 Å². The predicted octanol–water partition coefficient (Wildman–Crippen LogP) is 5.18. The quantitative estimate of drug-likeness (QED) is 0.693. The van der Waals surface area contributed by atoms with Crippen molar-refractivity contribution in [3.8, 4) is 0 Å². The lowest BCUT2D eigenvalue weighted by Gasteiger charge is -2.56. The predicted molar refractivity (Wildman–Crippen MR) is 87.6 cm³/mol. The van der Waals surface area contributed by atoms with Crippen LogP contribution in [0.1, 0.15) is 55.6 Å². The molecule has 0 saturated heterocycles. The number of aryl methyl sites for hydroxylation is 1. The summed E-state index contributed by atoms with van der Waals surface area (Å²) in [6.07, 6.45) is 2.11. The van der Waals surface area contributed by atoms with Crippen LogP contribution in [0.25, 0.3) is 5.65 Å². The molecule has 0 N–H and O–H groups in total. The SMILES string of the molecule is Cc1nn2c(C(F)(F)F)cc(C34CC5CC(CC(C5)C3)C4)nc2c1Cl. The minimum absolute atomic E-state index is 0.139. The Bertz CT molecular complexity index is 835. The van der Waals surface area contributed by atoms with Crippen LogP contribution in [0.5, 0.6) is 0 Å². The molecule has 4 aliphatic rings.